The summed E-state index contributed by atoms with van der Waals surface area (Å²) in [5.74, 6) is 0.528. The minimum atomic E-state index is -0.819. The first-order chi connectivity index (χ1) is 12.9. The highest BCUT2D eigenvalue weighted by Crippen LogP contribution is 2.24. The molecule has 1 aromatic heterocycles. The standard InChI is InChI=1S/C12H13NOS2.C9H13NO/c1-9-3-5-10(6-4-9)12-13-11(7-15-12)8-16(2)14;1-4-7-8(5-2)10-9(11)6-3/h3-7H,8H2,1-2H3;4-5,7H,1-2,6H2,3H3,(H,10,11)/b;8-7+/t16-;/m0./s1. The molecule has 144 valence electrons. The van der Waals surface area contributed by atoms with E-state index >= 15 is 0 Å². The van der Waals surface area contributed by atoms with Gasteiger partial charge in [-0.1, -0.05) is 56.0 Å². The van der Waals surface area contributed by atoms with Crippen LogP contribution in [0.5, 0.6) is 0 Å². The van der Waals surface area contributed by atoms with E-state index in [2.05, 4.69) is 54.6 Å². The second-order valence-electron chi connectivity index (χ2n) is 5.69. The Bertz CT molecular complexity index is 821. The number of allylic oxidation sites excluding steroid dienone is 3. The fourth-order valence-electron chi connectivity index (χ4n) is 1.95. The van der Waals surface area contributed by atoms with E-state index in [1.165, 1.54) is 5.56 Å². The van der Waals surface area contributed by atoms with Crippen molar-refractivity contribution in [2.45, 2.75) is 26.0 Å². The van der Waals surface area contributed by atoms with Crippen molar-refractivity contribution in [2.24, 2.45) is 0 Å². The number of nitrogens with zero attached hydrogens (tertiary/aromatic N) is 1. The SMILES string of the molecule is C=C/C=C(\C=C)NC(=O)CC.Cc1ccc(-c2nc(C[S@](C)=O)cs2)cc1. The second kappa shape index (κ2) is 12.1. The first kappa shape index (κ1) is 22.7. The van der Waals surface area contributed by atoms with Crippen LogP contribution in [0.4, 0.5) is 0 Å². The van der Waals surface area contributed by atoms with Crippen molar-refractivity contribution in [2.75, 3.05) is 6.26 Å². The maximum Gasteiger partial charge on any atom is 0.224 e. The highest BCUT2D eigenvalue weighted by atomic mass is 32.2. The van der Waals surface area contributed by atoms with Crippen molar-refractivity contribution in [1.82, 2.24) is 10.3 Å². The predicted octanol–water partition coefficient (Wildman–Crippen LogP) is 4.77. The summed E-state index contributed by atoms with van der Waals surface area (Å²) < 4.78 is 11.1. The highest BCUT2D eigenvalue weighted by molar-refractivity contribution is 7.83. The normalized spacial score (nSPS) is 11.7. The number of carbonyl (C=O) groups excluding carboxylic acids is 1. The number of amides is 1. The van der Waals surface area contributed by atoms with E-state index in [0.29, 0.717) is 17.9 Å². The molecular weight excluding hydrogens is 376 g/mol. The monoisotopic (exact) mass is 402 g/mol. The van der Waals surface area contributed by atoms with Gasteiger partial charge in [-0.05, 0) is 19.1 Å². The Hall–Kier alpha value is -2.31. The topological polar surface area (TPSA) is 59.1 Å². The van der Waals surface area contributed by atoms with Gasteiger partial charge < -0.3 is 5.32 Å². The van der Waals surface area contributed by atoms with Crippen LogP contribution in [0.2, 0.25) is 0 Å². The second-order valence-corrected chi connectivity index (χ2v) is 7.98. The molecule has 1 N–H and O–H groups in total. The molecule has 0 saturated carbocycles. The number of benzene rings is 1. The molecule has 1 aromatic carbocycles. The van der Waals surface area contributed by atoms with Crippen molar-refractivity contribution >= 4 is 28.0 Å². The van der Waals surface area contributed by atoms with Crippen molar-refractivity contribution < 1.29 is 9.00 Å². The van der Waals surface area contributed by atoms with Crippen LogP contribution in [0.3, 0.4) is 0 Å². The van der Waals surface area contributed by atoms with Gasteiger partial charge in [0, 0.05) is 40.1 Å². The molecule has 6 heteroatoms. The van der Waals surface area contributed by atoms with Gasteiger partial charge >= 0.3 is 0 Å². The highest BCUT2D eigenvalue weighted by Gasteiger charge is 2.05. The third kappa shape index (κ3) is 8.75. The maximum atomic E-state index is 11.1. The molecular formula is C21H26N2O2S2. The van der Waals surface area contributed by atoms with Gasteiger partial charge in [-0.15, -0.1) is 11.3 Å². The third-order valence-corrected chi connectivity index (χ3v) is 4.97. The summed E-state index contributed by atoms with van der Waals surface area (Å²) in [4.78, 5) is 15.3. The molecule has 2 aromatic rings. The van der Waals surface area contributed by atoms with E-state index in [9.17, 15) is 9.00 Å². The average molecular weight is 403 g/mol. The van der Waals surface area contributed by atoms with Crippen molar-refractivity contribution in [3.05, 3.63) is 78.0 Å². The van der Waals surface area contributed by atoms with Crippen molar-refractivity contribution in [3.63, 3.8) is 0 Å². The van der Waals surface area contributed by atoms with Crippen LogP contribution in [0.15, 0.2) is 66.7 Å². The van der Waals surface area contributed by atoms with E-state index in [0.717, 1.165) is 16.3 Å². The largest absolute Gasteiger partial charge is 0.326 e. The maximum absolute atomic E-state index is 11.1. The fraction of sp³-hybridized carbons (Fsp3) is 0.238. The molecule has 0 bridgehead atoms. The van der Waals surface area contributed by atoms with E-state index in [1.807, 2.05) is 5.38 Å². The van der Waals surface area contributed by atoms with E-state index in [4.69, 9.17) is 0 Å². The summed E-state index contributed by atoms with van der Waals surface area (Å²) in [7, 11) is -0.819. The average Bonchev–Trinajstić information content (AvgIpc) is 3.10. The number of hydrogen-bond donors (Lipinski definition) is 1. The molecule has 2 rings (SSSR count). The summed E-state index contributed by atoms with van der Waals surface area (Å²) in [5.41, 5.74) is 3.98. The minimum absolute atomic E-state index is 0.0157. The van der Waals surface area contributed by atoms with Gasteiger partial charge in [-0.25, -0.2) is 4.98 Å². The van der Waals surface area contributed by atoms with Crippen LogP contribution in [0.1, 0.15) is 24.6 Å². The molecule has 0 fully saturated rings. The molecule has 0 spiro atoms. The third-order valence-electron chi connectivity index (χ3n) is 3.32. The van der Waals surface area contributed by atoms with Gasteiger partial charge in [0.25, 0.3) is 0 Å². The van der Waals surface area contributed by atoms with Crippen LogP contribution in [0, 0.1) is 6.92 Å². The zero-order valence-electron chi connectivity index (χ0n) is 16.0. The molecule has 0 radical (unpaired) electrons. The Morgan fingerprint density at radius 3 is 2.48 bits per heavy atom. The molecule has 0 saturated heterocycles. The number of aromatic nitrogens is 1. The molecule has 4 nitrogen and oxygen atoms in total. The van der Waals surface area contributed by atoms with Crippen molar-refractivity contribution in [1.29, 1.82) is 0 Å². The molecule has 0 aliphatic heterocycles. The van der Waals surface area contributed by atoms with E-state index in [-0.39, 0.29) is 5.91 Å². The predicted molar refractivity (Wildman–Crippen MR) is 117 cm³/mol. The molecule has 0 aliphatic carbocycles. The summed E-state index contributed by atoms with van der Waals surface area (Å²) >= 11 is 1.60. The molecule has 0 aliphatic rings. The number of rotatable bonds is 7. The summed E-state index contributed by atoms with van der Waals surface area (Å²) in [5, 5.41) is 5.63. The fourth-order valence-corrected chi connectivity index (χ4v) is 3.44. The van der Waals surface area contributed by atoms with Crippen LogP contribution >= 0.6 is 11.3 Å². The van der Waals surface area contributed by atoms with Crippen LogP contribution in [-0.2, 0) is 21.3 Å². The van der Waals surface area contributed by atoms with Crippen LogP contribution in [0.25, 0.3) is 10.6 Å². The lowest BCUT2D eigenvalue weighted by molar-refractivity contribution is -0.120. The van der Waals surface area contributed by atoms with Crippen LogP contribution in [-0.4, -0.2) is 21.4 Å². The number of aryl methyl sites for hydroxylation is 1. The minimum Gasteiger partial charge on any atom is -0.326 e. The quantitative estimate of drug-likeness (QED) is 0.679. The Kier molecular flexibility index (Phi) is 10.2. The molecule has 27 heavy (non-hydrogen) atoms. The number of nitrogens with one attached hydrogen (secondary N) is 1. The van der Waals surface area contributed by atoms with Gasteiger partial charge in [0.15, 0.2) is 0 Å². The Morgan fingerprint density at radius 1 is 1.30 bits per heavy atom. The van der Waals surface area contributed by atoms with Gasteiger partial charge in [0.2, 0.25) is 5.91 Å². The Morgan fingerprint density at radius 2 is 1.96 bits per heavy atom. The Balaban J connectivity index is 0.000000293. The molecule has 1 heterocycles. The van der Waals surface area contributed by atoms with Crippen molar-refractivity contribution in [3.8, 4) is 10.6 Å². The number of hydrogen-bond acceptors (Lipinski definition) is 4. The lowest BCUT2D eigenvalue weighted by Gasteiger charge is -2.01. The van der Waals surface area contributed by atoms with Gasteiger partial charge in [0.1, 0.15) is 5.01 Å². The first-order valence-electron chi connectivity index (χ1n) is 8.46. The van der Waals surface area contributed by atoms with Gasteiger partial charge in [0.05, 0.1) is 11.4 Å². The lowest BCUT2D eigenvalue weighted by Crippen LogP contribution is -2.20. The van der Waals surface area contributed by atoms with E-state index in [1.54, 1.807) is 42.7 Å². The summed E-state index contributed by atoms with van der Waals surface area (Å²) in [6.07, 6.45) is 7.05. The smallest absolute Gasteiger partial charge is 0.224 e. The summed E-state index contributed by atoms with van der Waals surface area (Å²) in [6.45, 7) is 10.9. The number of thiazole rings is 1. The lowest BCUT2D eigenvalue weighted by atomic mass is 10.2. The Labute approximate surface area is 168 Å². The van der Waals surface area contributed by atoms with Gasteiger partial charge in [-0.2, -0.15) is 0 Å². The summed E-state index contributed by atoms with van der Waals surface area (Å²) in [6, 6.07) is 8.30. The van der Waals surface area contributed by atoms with E-state index < -0.39 is 10.8 Å². The molecule has 1 atom stereocenters. The van der Waals surface area contributed by atoms with Gasteiger partial charge in [-0.3, -0.25) is 9.00 Å². The molecule has 1 amide bonds. The first-order valence-corrected chi connectivity index (χ1v) is 11.1. The zero-order valence-corrected chi connectivity index (χ0v) is 17.7. The van der Waals surface area contributed by atoms with Crippen LogP contribution < -0.4 is 5.32 Å². The molecule has 0 unspecified atom stereocenters. The zero-order chi connectivity index (χ0) is 20.2. The number of carbonyl (C=O) groups is 1.